The van der Waals surface area contributed by atoms with E-state index >= 15 is 0 Å². The quantitative estimate of drug-likeness (QED) is 0.762. The van der Waals surface area contributed by atoms with E-state index in [2.05, 4.69) is 30.9 Å². The van der Waals surface area contributed by atoms with Gasteiger partial charge in [0.15, 0.2) is 5.78 Å². The first kappa shape index (κ1) is 20.6. The number of benzene rings is 2. The third-order valence-corrected chi connectivity index (χ3v) is 7.21. The van der Waals surface area contributed by atoms with Crippen molar-refractivity contribution in [2.24, 2.45) is 5.14 Å². The molecule has 0 bridgehead atoms. The molecule has 0 spiro atoms. The van der Waals surface area contributed by atoms with Crippen molar-refractivity contribution >= 4 is 27.2 Å². The first-order valence-electron chi connectivity index (χ1n) is 10.0. The summed E-state index contributed by atoms with van der Waals surface area (Å²) in [5.41, 5.74) is 4.85. The van der Waals surface area contributed by atoms with Crippen molar-refractivity contribution in [3.63, 3.8) is 0 Å². The van der Waals surface area contributed by atoms with E-state index in [-0.39, 0.29) is 28.7 Å². The van der Waals surface area contributed by atoms with Gasteiger partial charge in [-0.25, -0.2) is 13.6 Å². The highest BCUT2D eigenvalue weighted by molar-refractivity contribution is 7.89. The zero-order chi connectivity index (χ0) is 21.8. The van der Waals surface area contributed by atoms with E-state index in [4.69, 9.17) is 5.14 Å². The molecule has 4 rings (SSSR count). The second-order valence-electron chi connectivity index (χ2n) is 8.71. The Bertz CT molecular complexity index is 1170. The largest absolute Gasteiger partial charge is 0.361 e. The molecule has 1 unspecified atom stereocenters. The smallest absolute Gasteiger partial charge is 0.238 e. The number of likely N-dealkylation sites (N-methyl/N-ethyl adjacent to an activating group) is 1. The van der Waals surface area contributed by atoms with Crippen molar-refractivity contribution in [1.29, 1.82) is 0 Å². The van der Waals surface area contributed by atoms with Gasteiger partial charge in [0.05, 0.1) is 11.4 Å². The minimum absolute atomic E-state index is 0.0213. The summed E-state index contributed by atoms with van der Waals surface area (Å²) in [5.74, 6) is 0.0213. The Kier molecular flexibility index (Phi) is 4.78. The van der Waals surface area contributed by atoms with Crippen LogP contribution in [0.4, 0.5) is 11.4 Å². The van der Waals surface area contributed by atoms with Crippen molar-refractivity contribution in [3.8, 4) is 0 Å². The van der Waals surface area contributed by atoms with E-state index in [9.17, 15) is 13.2 Å². The summed E-state index contributed by atoms with van der Waals surface area (Å²) in [6.45, 7) is 6.55. The second kappa shape index (κ2) is 6.96. The highest BCUT2D eigenvalue weighted by Crippen LogP contribution is 2.46. The molecule has 1 atom stereocenters. The molecule has 0 saturated carbocycles. The molecule has 0 aliphatic carbocycles. The number of fused-ring (bicyclic) bond motifs is 2. The number of carbonyl (C=O) groups excluding carboxylic acids is 1. The number of primary sulfonamides is 1. The van der Waals surface area contributed by atoms with Gasteiger partial charge in [-0.15, -0.1) is 0 Å². The van der Waals surface area contributed by atoms with Gasteiger partial charge in [0.25, 0.3) is 0 Å². The van der Waals surface area contributed by atoms with Gasteiger partial charge in [-0.2, -0.15) is 0 Å². The number of ketones is 1. The topological polar surface area (TPSA) is 83.7 Å². The first-order valence-corrected chi connectivity index (χ1v) is 11.6. The van der Waals surface area contributed by atoms with Gasteiger partial charge in [-0.1, -0.05) is 32.0 Å². The number of nitrogens with two attached hydrogens (primary N) is 1. The molecule has 2 aromatic carbocycles. The Morgan fingerprint density at radius 2 is 1.90 bits per heavy atom. The van der Waals surface area contributed by atoms with Crippen LogP contribution in [0.2, 0.25) is 0 Å². The van der Waals surface area contributed by atoms with E-state index in [0.29, 0.717) is 6.42 Å². The zero-order valence-corrected chi connectivity index (χ0v) is 18.5. The van der Waals surface area contributed by atoms with Crippen molar-refractivity contribution in [1.82, 2.24) is 0 Å². The normalized spacial score (nSPS) is 21.1. The Labute approximate surface area is 178 Å². The van der Waals surface area contributed by atoms with E-state index in [0.717, 1.165) is 22.6 Å². The molecular formula is C23H27N3O3S. The van der Waals surface area contributed by atoms with Gasteiger partial charge < -0.3 is 9.80 Å². The number of rotatable bonds is 4. The molecule has 2 N–H and O–H groups in total. The molecule has 0 fully saturated rings. The van der Waals surface area contributed by atoms with Crippen LogP contribution in [0.1, 0.15) is 31.9 Å². The molecule has 0 radical (unpaired) electrons. The molecule has 158 valence electrons. The van der Waals surface area contributed by atoms with E-state index in [1.54, 1.807) is 18.2 Å². The molecule has 30 heavy (non-hydrogen) atoms. The summed E-state index contributed by atoms with van der Waals surface area (Å²) in [5, 5.41) is 5.26. The fourth-order valence-electron chi connectivity index (χ4n) is 4.71. The second-order valence-corrected chi connectivity index (χ2v) is 10.3. The van der Waals surface area contributed by atoms with Crippen molar-refractivity contribution < 1.29 is 13.2 Å². The maximum Gasteiger partial charge on any atom is 0.238 e. The predicted octanol–water partition coefficient (Wildman–Crippen LogP) is 2.97. The van der Waals surface area contributed by atoms with Crippen LogP contribution in [0.25, 0.3) is 0 Å². The summed E-state index contributed by atoms with van der Waals surface area (Å²) in [6, 6.07) is 13.2. The van der Waals surface area contributed by atoms with Gasteiger partial charge in [0.2, 0.25) is 10.0 Å². The average Bonchev–Trinajstić information content (AvgIpc) is 3.08. The number of sulfonamides is 1. The molecule has 2 aromatic rings. The first-order chi connectivity index (χ1) is 14.0. The Morgan fingerprint density at radius 1 is 1.20 bits per heavy atom. The number of hydrogen-bond acceptors (Lipinski definition) is 5. The number of allylic oxidation sites excluding steroid dienone is 1. The van der Waals surface area contributed by atoms with E-state index in [1.165, 1.54) is 11.6 Å². The molecule has 0 amide bonds. The summed E-state index contributed by atoms with van der Waals surface area (Å²) in [6.07, 6.45) is 2.43. The van der Waals surface area contributed by atoms with Crippen LogP contribution >= 0.6 is 0 Å². The fourth-order valence-corrected chi connectivity index (χ4v) is 5.28. The molecule has 7 heteroatoms. The number of para-hydroxylation sites is 1. The van der Waals surface area contributed by atoms with Crippen LogP contribution < -0.4 is 14.9 Å². The van der Waals surface area contributed by atoms with Crippen LogP contribution in [-0.2, 0) is 26.7 Å². The molecule has 0 saturated heterocycles. The van der Waals surface area contributed by atoms with Crippen LogP contribution in [0.15, 0.2) is 59.1 Å². The molecule has 6 nitrogen and oxygen atoms in total. The number of hydrogen-bond donors (Lipinski definition) is 1. The molecule has 2 aliphatic heterocycles. The van der Waals surface area contributed by atoms with Crippen LogP contribution in [0, 0.1) is 0 Å². The maximum absolute atomic E-state index is 13.1. The summed E-state index contributed by atoms with van der Waals surface area (Å²) in [7, 11) is -1.75. The van der Waals surface area contributed by atoms with Crippen LogP contribution in [0.5, 0.6) is 0 Å². The standard InChI is InChI=1S/C23H27N3O3S/c1-15-11-16-12-18(30(24,28)29)9-10-20(16)26(15)14-17(27)13-22-23(2,3)19-7-5-6-8-21(19)25(22)4/h5-10,12-13,15H,11,14H2,1-4H3,(H2,24,28,29)/b22-13+. The maximum atomic E-state index is 13.1. The number of anilines is 2. The number of nitrogens with zero attached hydrogens (tertiary/aromatic N) is 2. The Hall–Kier alpha value is -2.64. The zero-order valence-electron chi connectivity index (χ0n) is 17.7. The predicted molar refractivity (Wildman–Crippen MR) is 119 cm³/mol. The monoisotopic (exact) mass is 425 g/mol. The minimum Gasteiger partial charge on any atom is -0.361 e. The lowest BCUT2D eigenvalue weighted by atomic mass is 9.83. The van der Waals surface area contributed by atoms with Gasteiger partial charge >= 0.3 is 0 Å². The molecular weight excluding hydrogens is 398 g/mol. The molecule has 2 aliphatic rings. The van der Waals surface area contributed by atoms with Crippen molar-refractivity contribution in [2.45, 2.75) is 43.5 Å². The highest BCUT2D eigenvalue weighted by Gasteiger charge is 2.39. The summed E-state index contributed by atoms with van der Waals surface area (Å²) in [4.78, 5) is 17.3. The van der Waals surface area contributed by atoms with Crippen molar-refractivity contribution in [3.05, 3.63) is 65.4 Å². The van der Waals surface area contributed by atoms with Gasteiger partial charge in [-0.05, 0) is 48.7 Å². The average molecular weight is 426 g/mol. The van der Waals surface area contributed by atoms with Crippen LogP contribution in [0.3, 0.4) is 0 Å². The fraction of sp³-hybridized carbons (Fsp3) is 0.348. The third-order valence-electron chi connectivity index (χ3n) is 6.30. The van der Waals surface area contributed by atoms with E-state index < -0.39 is 10.0 Å². The van der Waals surface area contributed by atoms with Gasteiger partial charge in [-0.3, -0.25) is 4.79 Å². The highest BCUT2D eigenvalue weighted by atomic mass is 32.2. The van der Waals surface area contributed by atoms with Crippen molar-refractivity contribution in [2.75, 3.05) is 23.4 Å². The van der Waals surface area contributed by atoms with Gasteiger partial charge in [0.1, 0.15) is 0 Å². The molecule has 0 aromatic heterocycles. The summed E-state index contributed by atoms with van der Waals surface area (Å²) >= 11 is 0. The third kappa shape index (κ3) is 3.32. The Morgan fingerprint density at radius 3 is 2.57 bits per heavy atom. The number of carbonyl (C=O) groups is 1. The lowest BCUT2D eigenvalue weighted by Crippen LogP contribution is -2.34. The summed E-state index contributed by atoms with van der Waals surface area (Å²) < 4.78 is 23.3. The van der Waals surface area contributed by atoms with Gasteiger partial charge in [0, 0.05) is 41.7 Å². The lowest BCUT2D eigenvalue weighted by Gasteiger charge is -2.26. The molecule has 2 heterocycles. The Balaban J connectivity index is 1.60. The minimum atomic E-state index is -3.74. The van der Waals surface area contributed by atoms with E-state index in [1.807, 2.05) is 31.0 Å². The lowest BCUT2D eigenvalue weighted by molar-refractivity contribution is -0.113. The SMILES string of the molecule is CC1Cc2cc(S(N)(=O)=O)ccc2N1CC(=O)/C=C1/N(C)c2ccccc2C1(C)C. The van der Waals surface area contributed by atoms with Crippen LogP contribution in [-0.4, -0.2) is 33.8 Å².